The SMILES string of the molecule is CCCC(O)CNC1CC(C)N(C)C1. The molecule has 0 aromatic carbocycles. The molecule has 0 aromatic heterocycles. The first kappa shape index (κ1) is 12.0. The average Bonchev–Trinajstić information content (AvgIpc) is 2.44. The molecule has 1 saturated heterocycles. The average molecular weight is 200 g/mol. The highest BCUT2D eigenvalue weighted by Gasteiger charge is 2.25. The maximum Gasteiger partial charge on any atom is 0.0664 e. The predicted molar refractivity (Wildman–Crippen MR) is 59.4 cm³/mol. The maximum absolute atomic E-state index is 9.57. The van der Waals surface area contributed by atoms with Crippen molar-refractivity contribution in [3.63, 3.8) is 0 Å². The first-order valence-corrected chi connectivity index (χ1v) is 5.75. The molecule has 0 amide bonds. The number of nitrogens with zero attached hydrogens (tertiary/aromatic N) is 1. The van der Waals surface area contributed by atoms with Crippen molar-refractivity contribution in [3.05, 3.63) is 0 Å². The highest BCUT2D eigenvalue weighted by Crippen LogP contribution is 2.14. The number of hydrogen-bond donors (Lipinski definition) is 2. The first-order chi connectivity index (χ1) is 6.63. The van der Waals surface area contributed by atoms with Crippen molar-refractivity contribution in [2.45, 2.75) is 51.3 Å². The summed E-state index contributed by atoms with van der Waals surface area (Å²) in [4.78, 5) is 2.36. The fourth-order valence-corrected chi connectivity index (χ4v) is 2.08. The predicted octanol–water partition coefficient (Wildman–Crippen LogP) is 0.830. The van der Waals surface area contributed by atoms with Crippen LogP contribution in [-0.2, 0) is 0 Å². The lowest BCUT2D eigenvalue weighted by atomic mass is 10.1. The molecule has 0 spiro atoms. The summed E-state index contributed by atoms with van der Waals surface area (Å²) in [5, 5.41) is 13.0. The monoisotopic (exact) mass is 200 g/mol. The van der Waals surface area contributed by atoms with Gasteiger partial charge in [0, 0.05) is 25.2 Å². The maximum atomic E-state index is 9.57. The third-order valence-corrected chi connectivity index (χ3v) is 3.15. The Balaban J connectivity index is 2.13. The van der Waals surface area contributed by atoms with Gasteiger partial charge in [0.05, 0.1) is 6.10 Å². The molecule has 0 aliphatic carbocycles. The summed E-state index contributed by atoms with van der Waals surface area (Å²) in [6.07, 6.45) is 3.01. The zero-order valence-electron chi connectivity index (χ0n) is 9.66. The molecule has 1 aliphatic heterocycles. The lowest BCUT2D eigenvalue weighted by Gasteiger charge is -2.15. The van der Waals surface area contributed by atoms with Gasteiger partial charge in [-0.25, -0.2) is 0 Å². The molecule has 0 saturated carbocycles. The van der Waals surface area contributed by atoms with E-state index in [0.717, 1.165) is 25.9 Å². The van der Waals surface area contributed by atoms with E-state index in [9.17, 15) is 5.11 Å². The van der Waals surface area contributed by atoms with Crippen molar-refractivity contribution in [1.82, 2.24) is 10.2 Å². The molecule has 1 heterocycles. The second kappa shape index (κ2) is 5.69. The number of nitrogens with one attached hydrogen (secondary N) is 1. The fraction of sp³-hybridized carbons (Fsp3) is 1.00. The van der Waals surface area contributed by atoms with Crippen LogP contribution < -0.4 is 5.32 Å². The second-order valence-corrected chi connectivity index (χ2v) is 4.57. The summed E-state index contributed by atoms with van der Waals surface area (Å²) >= 11 is 0. The minimum absolute atomic E-state index is 0.166. The molecule has 1 rings (SSSR count). The number of likely N-dealkylation sites (N-methyl/N-ethyl adjacent to an activating group) is 1. The lowest BCUT2D eigenvalue weighted by Crippen LogP contribution is -2.37. The molecule has 84 valence electrons. The van der Waals surface area contributed by atoms with Crippen molar-refractivity contribution in [2.75, 3.05) is 20.1 Å². The van der Waals surface area contributed by atoms with Crippen molar-refractivity contribution >= 4 is 0 Å². The van der Waals surface area contributed by atoms with Crippen molar-refractivity contribution < 1.29 is 5.11 Å². The van der Waals surface area contributed by atoms with E-state index in [-0.39, 0.29) is 6.10 Å². The largest absolute Gasteiger partial charge is 0.392 e. The highest BCUT2D eigenvalue weighted by molar-refractivity contribution is 4.85. The topological polar surface area (TPSA) is 35.5 Å². The molecule has 0 aromatic rings. The van der Waals surface area contributed by atoms with Gasteiger partial charge in [-0.1, -0.05) is 13.3 Å². The molecule has 3 unspecified atom stereocenters. The molecule has 0 bridgehead atoms. The van der Waals surface area contributed by atoms with Crippen LogP contribution in [0.25, 0.3) is 0 Å². The van der Waals surface area contributed by atoms with Crippen LogP contribution in [0.1, 0.15) is 33.1 Å². The standard InChI is InChI=1S/C11H24N2O/c1-4-5-11(14)7-12-10-6-9(2)13(3)8-10/h9-12,14H,4-8H2,1-3H3. The zero-order chi connectivity index (χ0) is 10.6. The van der Waals surface area contributed by atoms with Crippen molar-refractivity contribution in [3.8, 4) is 0 Å². The summed E-state index contributed by atoms with van der Waals surface area (Å²) in [5.74, 6) is 0. The van der Waals surface area contributed by atoms with Crippen molar-refractivity contribution in [1.29, 1.82) is 0 Å². The van der Waals surface area contributed by atoms with Crippen LogP contribution in [0, 0.1) is 0 Å². The van der Waals surface area contributed by atoms with Crippen LogP contribution in [0.3, 0.4) is 0 Å². The first-order valence-electron chi connectivity index (χ1n) is 5.75. The third-order valence-electron chi connectivity index (χ3n) is 3.15. The van der Waals surface area contributed by atoms with Gasteiger partial charge in [-0.3, -0.25) is 0 Å². The molecule has 0 radical (unpaired) electrons. The van der Waals surface area contributed by atoms with Crippen LogP contribution in [0.5, 0.6) is 0 Å². The fourth-order valence-electron chi connectivity index (χ4n) is 2.08. The molecule has 3 nitrogen and oxygen atoms in total. The Morgan fingerprint density at radius 2 is 2.29 bits per heavy atom. The van der Waals surface area contributed by atoms with Crippen LogP contribution in [-0.4, -0.2) is 48.3 Å². The Kier molecular flexibility index (Phi) is 4.85. The summed E-state index contributed by atoms with van der Waals surface area (Å²) in [6.45, 7) is 6.22. The molecule has 2 N–H and O–H groups in total. The van der Waals surface area contributed by atoms with E-state index in [1.54, 1.807) is 0 Å². The summed E-state index contributed by atoms with van der Waals surface area (Å²) in [6, 6.07) is 1.25. The number of likely N-dealkylation sites (tertiary alicyclic amines) is 1. The summed E-state index contributed by atoms with van der Waals surface area (Å²) < 4.78 is 0. The Morgan fingerprint density at radius 3 is 2.79 bits per heavy atom. The van der Waals surface area contributed by atoms with E-state index < -0.39 is 0 Å². The number of rotatable bonds is 5. The Bertz CT molecular complexity index is 153. The van der Waals surface area contributed by atoms with Gasteiger partial charge in [0.15, 0.2) is 0 Å². The van der Waals surface area contributed by atoms with E-state index >= 15 is 0 Å². The Hall–Kier alpha value is -0.120. The molecule has 3 atom stereocenters. The number of aliphatic hydroxyl groups is 1. The van der Waals surface area contributed by atoms with Crippen molar-refractivity contribution in [2.24, 2.45) is 0 Å². The molecule has 14 heavy (non-hydrogen) atoms. The smallest absolute Gasteiger partial charge is 0.0664 e. The van der Waals surface area contributed by atoms with Crippen LogP contribution in [0.15, 0.2) is 0 Å². The molecule has 1 fully saturated rings. The van der Waals surface area contributed by atoms with E-state index in [1.807, 2.05) is 0 Å². The Morgan fingerprint density at radius 1 is 1.57 bits per heavy atom. The van der Waals surface area contributed by atoms with E-state index in [4.69, 9.17) is 0 Å². The van der Waals surface area contributed by atoms with E-state index in [2.05, 4.69) is 31.1 Å². The molecule has 1 aliphatic rings. The zero-order valence-corrected chi connectivity index (χ0v) is 9.66. The Labute approximate surface area is 87.5 Å². The van der Waals surface area contributed by atoms with Gasteiger partial charge in [0.1, 0.15) is 0 Å². The summed E-state index contributed by atoms with van der Waals surface area (Å²) in [7, 11) is 2.16. The van der Waals surface area contributed by atoms with Crippen LogP contribution in [0.2, 0.25) is 0 Å². The van der Waals surface area contributed by atoms with Gasteiger partial charge in [0.2, 0.25) is 0 Å². The molecular formula is C11H24N2O. The highest BCUT2D eigenvalue weighted by atomic mass is 16.3. The van der Waals surface area contributed by atoms with E-state index in [1.165, 1.54) is 6.42 Å². The number of aliphatic hydroxyl groups excluding tert-OH is 1. The van der Waals surface area contributed by atoms with Gasteiger partial charge in [-0.15, -0.1) is 0 Å². The lowest BCUT2D eigenvalue weighted by molar-refractivity contribution is 0.156. The van der Waals surface area contributed by atoms with Gasteiger partial charge < -0.3 is 15.3 Å². The second-order valence-electron chi connectivity index (χ2n) is 4.57. The van der Waals surface area contributed by atoms with Gasteiger partial charge in [0.25, 0.3) is 0 Å². The van der Waals surface area contributed by atoms with Gasteiger partial charge in [-0.2, -0.15) is 0 Å². The minimum Gasteiger partial charge on any atom is -0.392 e. The summed E-state index contributed by atoms with van der Waals surface area (Å²) in [5.41, 5.74) is 0. The van der Waals surface area contributed by atoms with Crippen LogP contribution in [0.4, 0.5) is 0 Å². The minimum atomic E-state index is -0.166. The quantitative estimate of drug-likeness (QED) is 0.690. The van der Waals surface area contributed by atoms with Gasteiger partial charge >= 0.3 is 0 Å². The number of hydrogen-bond acceptors (Lipinski definition) is 3. The molecule has 3 heteroatoms. The van der Waals surface area contributed by atoms with E-state index in [0.29, 0.717) is 12.1 Å². The van der Waals surface area contributed by atoms with Gasteiger partial charge in [-0.05, 0) is 26.8 Å². The van der Waals surface area contributed by atoms with Crippen LogP contribution >= 0.6 is 0 Å². The normalized spacial score (nSPS) is 30.9. The molecular weight excluding hydrogens is 176 g/mol. The third kappa shape index (κ3) is 3.56.